The standard InChI is InChI=1S/C18H20N4O5S/c1-10-15(11(2)20(4)19-10)22(28(5,26)27)16(23)12(3)21-17(24)13-8-6-7-9-14(13)18(21)25/h6-9,12H,1-5H3. The molecule has 9 nitrogen and oxygen atoms in total. The van der Waals surface area contributed by atoms with Gasteiger partial charge in [0.25, 0.3) is 17.7 Å². The number of aromatic nitrogens is 2. The lowest BCUT2D eigenvalue weighted by atomic mass is 10.1. The van der Waals surface area contributed by atoms with Gasteiger partial charge in [-0.05, 0) is 32.9 Å². The van der Waals surface area contributed by atoms with Gasteiger partial charge >= 0.3 is 0 Å². The summed E-state index contributed by atoms with van der Waals surface area (Å²) in [6, 6.07) is 4.91. The molecule has 0 saturated carbocycles. The van der Waals surface area contributed by atoms with Crippen LogP contribution >= 0.6 is 0 Å². The summed E-state index contributed by atoms with van der Waals surface area (Å²) in [5.74, 6) is -2.17. The first-order chi connectivity index (χ1) is 13.0. The number of aryl methyl sites for hydroxylation is 2. The Morgan fingerprint density at radius 1 is 1.11 bits per heavy atom. The second-order valence-corrected chi connectivity index (χ2v) is 8.54. The summed E-state index contributed by atoms with van der Waals surface area (Å²) < 4.78 is 27.0. The van der Waals surface area contributed by atoms with Gasteiger partial charge in [-0.15, -0.1) is 0 Å². The average molecular weight is 404 g/mol. The molecular formula is C18H20N4O5S. The second-order valence-electron chi connectivity index (χ2n) is 6.71. The van der Waals surface area contributed by atoms with Crippen molar-refractivity contribution in [2.75, 3.05) is 10.6 Å². The van der Waals surface area contributed by atoms with Crippen molar-refractivity contribution in [2.45, 2.75) is 26.8 Å². The van der Waals surface area contributed by atoms with E-state index in [1.54, 1.807) is 33.0 Å². The average Bonchev–Trinajstić information content (AvgIpc) is 3.01. The third-order valence-corrected chi connectivity index (χ3v) is 5.80. The summed E-state index contributed by atoms with van der Waals surface area (Å²) in [5, 5.41) is 4.16. The van der Waals surface area contributed by atoms with Gasteiger partial charge in [0.15, 0.2) is 0 Å². The van der Waals surface area contributed by atoms with Crippen LogP contribution in [0.1, 0.15) is 39.0 Å². The number of hydrogen-bond donors (Lipinski definition) is 0. The molecule has 1 aromatic carbocycles. The van der Waals surface area contributed by atoms with Gasteiger partial charge in [-0.25, -0.2) is 12.7 Å². The zero-order valence-corrected chi connectivity index (χ0v) is 16.9. The van der Waals surface area contributed by atoms with Crippen molar-refractivity contribution in [3.05, 3.63) is 46.8 Å². The molecule has 1 aliphatic rings. The number of sulfonamides is 1. The fourth-order valence-corrected chi connectivity index (χ4v) is 4.41. The van der Waals surface area contributed by atoms with Gasteiger partial charge in [0, 0.05) is 7.05 Å². The van der Waals surface area contributed by atoms with E-state index < -0.39 is 33.8 Å². The summed E-state index contributed by atoms with van der Waals surface area (Å²) in [6.45, 7) is 4.55. The Labute approximate surface area is 162 Å². The topological polar surface area (TPSA) is 110 Å². The molecule has 3 rings (SSSR count). The highest BCUT2D eigenvalue weighted by atomic mass is 32.2. The molecule has 0 aliphatic carbocycles. The molecule has 10 heteroatoms. The molecule has 1 aliphatic heterocycles. The Morgan fingerprint density at radius 3 is 2.00 bits per heavy atom. The number of imide groups is 1. The zero-order valence-electron chi connectivity index (χ0n) is 16.1. The molecule has 1 atom stereocenters. The maximum absolute atomic E-state index is 13.2. The minimum atomic E-state index is -4.04. The molecule has 0 saturated heterocycles. The Kier molecular flexibility index (Phi) is 4.62. The molecule has 0 N–H and O–H groups in total. The molecule has 1 unspecified atom stereocenters. The molecule has 0 fully saturated rings. The van der Waals surface area contributed by atoms with Crippen LogP contribution in [0.15, 0.2) is 24.3 Å². The molecule has 2 aromatic rings. The maximum Gasteiger partial charge on any atom is 0.263 e. The van der Waals surface area contributed by atoms with E-state index in [-0.39, 0.29) is 16.8 Å². The van der Waals surface area contributed by atoms with Crippen LogP contribution in [-0.4, -0.2) is 53.1 Å². The minimum Gasteiger partial charge on any atom is -0.271 e. The molecule has 3 amide bonds. The lowest BCUT2D eigenvalue weighted by Gasteiger charge is -2.28. The fourth-order valence-electron chi connectivity index (χ4n) is 3.34. The lowest BCUT2D eigenvalue weighted by molar-refractivity contribution is -0.120. The van der Waals surface area contributed by atoms with E-state index >= 15 is 0 Å². The largest absolute Gasteiger partial charge is 0.271 e. The predicted molar refractivity (Wildman–Crippen MR) is 101 cm³/mol. The molecule has 28 heavy (non-hydrogen) atoms. The molecular weight excluding hydrogens is 384 g/mol. The number of benzene rings is 1. The summed E-state index contributed by atoms with van der Waals surface area (Å²) in [6.07, 6.45) is 0.895. The van der Waals surface area contributed by atoms with Crippen LogP contribution in [0.2, 0.25) is 0 Å². The summed E-state index contributed by atoms with van der Waals surface area (Å²) in [7, 11) is -2.42. The van der Waals surface area contributed by atoms with Crippen LogP contribution in [0.5, 0.6) is 0 Å². The van der Waals surface area contributed by atoms with E-state index in [4.69, 9.17) is 0 Å². The van der Waals surface area contributed by atoms with E-state index in [9.17, 15) is 22.8 Å². The van der Waals surface area contributed by atoms with Crippen molar-refractivity contribution in [3.8, 4) is 0 Å². The molecule has 2 heterocycles. The van der Waals surface area contributed by atoms with Crippen LogP contribution in [0.25, 0.3) is 0 Å². The Bertz CT molecular complexity index is 1080. The Hall–Kier alpha value is -3.01. The Morgan fingerprint density at radius 2 is 1.61 bits per heavy atom. The fraction of sp³-hybridized carbons (Fsp3) is 0.333. The van der Waals surface area contributed by atoms with Crippen molar-refractivity contribution >= 4 is 33.4 Å². The third-order valence-electron chi connectivity index (χ3n) is 4.78. The number of carbonyl (C=O) groups excluding carboxylic acids is 3. The molecule has 148 valence electrons. The first-order valence-corrected chi connectivity index (χ1v) is 10.3. The first kappa shape index (κ1) is 19.7. The number of rotatable bonds is 4. The summed E-state index contributed by atoms with van der Waals surface area (Å²) in [4.78, 5) is 39.3. The van der Waals surface area contributed by atoms with E-state index in [1.807, 2.05) is 0 Å². The molecule has 0 spiro atoms. The molecule has 0 bridgehead atoms. The molecule has 1 aromatic heterocycles. The normalized spacial score (nSPS) is 15.0. The highest BCUT2D eigenvalue weighted by Gasteiger charge is 2.44. The number of nitrogens with zero attached hydrogens (tertiary/aromatic N) is 4. The van der Waals surface area contributed by atoms with Gasteiger partial charge in [-0.3, -0.25) is 24.0 Å². The maximum atomic E-state index is 13.2. The van der Waals surface area contributed by atoms with Crippen LogP contribution < -0.4 is 4.31 Å². The number of hydrogen-bond acceptors (Lipinski definition) is 6. The van der Waals surface area contributed by atoms with Crippen molar-refractivity contribution < 1.29 is 22.8 Å². The summed E-state index contributed by atoms with van der Waals surface area (Å²) in [5.41, 5.74) is 1.30. The van der Waals surface area contributed by atoms with Crippen LogP contribution in [0, 0.1) is 13.8 Å². The van der Waals surface area contributed by atoms with Gasteiger partial charge in [0.05, 0.1) is 28.8 Å². The lowest BCUT2D eigenvalue weighted by Crippen LogP contribution is -2.51. The van der Waals surface area contributed by atoms with Gasteiger partial charge in [0.2, 0.25) is 10.0 Å². The van der Waals surface area contributed by atoms with Crippen molar-refractivity contribution in [2.24, 2.45) is 7.05 Å². The number of fused-ring (bicyclic) bond motifs is 1. The highest BCUT2D eigenvalue weighted by molar-refractivity contribution is 7.92. The second kappa shape index (κ2) is 6.55. The number of amides is 3. The predicted octanol–water partition coefficient (Wildman–Crippen LogP) is 1.01. The smallest absolute Gasteiger partial charge is 0.263 e. The zero-order chi connectivity index (χ0) is 21.0. The van der Waals surface area contributed by atoms with E-state index in [2.05, 4.69) is 5.10 Å². The number of anilines is 1. The van der Waals surface area contributed by atoms with E-state index in [1.165, 1.54) is 23.7 Å². The van der Waals surface area contributed by atoms with Crippen LogP contribution in [-0.2, 0) is 21.9 Å². The van der Waals surface area contributed by atoms with Crippen molar-refractivity contribution in [1.82, 2.24) is 14.7 Å². The van der Waals surface area contributed by atoms with Crippen molar-refractivity contribution in [1.29, 1.82) is 0 Å². The first-order valence-electron chi connectivity index (χ1n) is 8.48. The van der Waals surface area contributed by atoms with Gasteiger partial charge < -0.3 is 0 Å². The summed E-state index contributed by atoms with van der Waals surface area (Å²) >= 11 is 0. The third kappa shape index (κ3) is 2.89. The van der Waals surface area contributed by atoms with Crippen LogP contribution in [0.3, 0.4) is 0 Å². The van der Waals surface area contributed by atoms with Crippen LogP contribution in [0.4, 0.5) is 5.69 Å². The quantitative estimate of drug-likeness (QED) is 0.704. The van der Waals surface area contributed by atoms with Crippen molar-refractivity contribution in [3.63, 3.8) is 0 Å². The van der Waals surface area contributed by atoms with E-state index in [0.29, 0.717) is 15.7 Å². The SMILES string of the molecule is Cc1nn(C)c(C)c1N(C(=O)C(C)N1C(=O)c2ccccc2C1=O)S(C)(=O)=O. The molecule has 0 radical (unpaired) electrons. The van der Waals surface area contributed by atoms with Gasteiger partial charge in [-0.2, -0.15) is 5.10 Å². The highest BCUT2D eigenvalue weighted by Crippen LogP contribution is 2.30. The van der Waals surface area contributed by atoms with E-state index in [0.717, 1.165) is 11.2 Å². The Balaban J connectivity index is 2.06. The minimum absolute atomic E-state index is 0.124. The van der Waals surface area contributed by atoms with Gasteiger partial charge in [-0.1, -0.05) is 12.1 Å². The van der Waals surface area contributed by atoms with Gasteiger partial charge in [0.1, 0.15) is 11.7 Å². The number of carbonyl (C=O) groups is 3. The monoisotopic (exact) mass is 404 g/mol.